The summed E-state index contributed by atoms with van der Waals surface area (Å²) in [5.41, 5.74) is 0.528. The van der Waals surface area contributed by atoms with E-state index in [2.05, 4.69) is 0 Å². The van der Waals surface area contributed by atoms with Gasteiger partial charge in [0.25, 0.3) is 0 Å². The summed E-state index contributed by atoms with van der Waals surface area (Å²) in [4.78, 5) is 25.4. The molecule has 0 radical (unpaired) electrons. The van der Waals surface area contributed by atoms with Crippen LogP contribution in [0.4, 0.5) is 4.79 Å². The number of nitrogens with zero attached hydrogens (tertiary/aromatic N) is 1. The second-order valence-corrected chi connectivity index (χ2v) is 5.89. The molecule has 124 valence electrons. The lowest BCUT2D eigenvalue weighted by molar-refractivity contribution is -0.144. The molecule has 2 unspecified atom stereocenters. The minimum Gasteiger partial charge on any atom is -0.466 e. The van der Waals surface area contributed by atoms with Gasteiger partial charge < -0.3 is 19.1 Å². The molecule has 0 N–H and O–H groups in total. The number of esters is 1. The summed E-state index contributed by atoms with van der Waals surface area (Å²) in [6.07, 6.45) is 0.467. The molecule has 23 heavy (non-hydrogen) atoms. The van der Waals surface area contributed by atoms with Crippen LogP contribution in [0.3, 0.4) is 0 Å². The summed E-state index contributed by atoms with van der Waals surface area (Å²) >= 11 is 0. The molecule has 0 aromatic heterocycles. The molecule has 2 heterocycles. The molecule has 2 aliphatic rings. The standard InChI is InChI=1S/C17H21NO5/c1-2-21-15(19)10-17-8-9-18(11-14(17)23-17)16(20)22-12-13-6-4-3-5-7-13/h3-7,14H,2,8-12H2,1H3. The summed E-state index contributed by atoms with van der Waals surface area (Å²) in [5, 5.41) is 0. The van der Waals surface area contributed by atoms with E-state index < -0.39 is 5.60 Å². The molecular weight excluding hydrogens is 298 g/mol. The van der Waals surface area contributed by atoms with Crippen LogP contribution in [0.1, 0.15) is 25.3 Å². The van der Waals surface area contributed by atoms with E-state index >= 15 is 0 Å². The van der Waals surface area contributed by atoms with Crippen LogP contribution in [0, 0.1) is 0 Å². The highest BCUT2D eigenvalue weighted by Crippen LogP contribution is 2.46. The molecule has 2 fully saturated rings. The van der Waals surface area contributed by atoms with E-state index in [-0.39, 0.29) is 31.2 Å². The van der Waals surface area contributed by atoms with E-state index in [4.69, 9.17) is 14.2 Å². The maximum Gasteiger partial charge on any atom is 0.410 e. The summed E-state index contributed by atoms with van der Waals surface area (Å²) < 4.78 is 16.0. The van der Waals surface area contributed by atoms with Crippen molar-refractivity contribution < 1.29 is 23.8 Å². The van der Waals surface area contributed by atoms with Crippen molar-refractivity contribution in [3.8, 4) is 0 Å². The minimum absolute atomic E-state index is 0.0927. The Balaban J connectivity index is 1.46. The van der Waals surface area contributed by atoms with Gasteiger partial charge in [-0.15, -0.1) is 0 Å². The van der Waals surface area contributed by atoms with Crippen molar-refractivity contribution in [1.29, 1.82) is 0 Å². The van der Waals surface area contributed by atoms with Gasteiger partial charge in [0, 0.05) is 6.54 Å². The largest absolute Gasteiger partial charge is 0.466 e. The van der Waals surface area contributed by atoms with E-state index in [1.165, 1.54) is 0 Å². The van der Waals surface area contributed by atoms with Crippen molar-refractivity contribution in [2.24, 2.45) is 0 Å². The number of piperidine rings is 1. The molecule has 6 heteroatoms. The van der Waals surface area contributed by atoms with Gasteiger partial charge in [-0.25, -0.2) is 4.79 Å². The number of hydrogen-bond donors (Lipinski definition) is 0. The topological polar surface area (TPSA) is 68.4 Å². The SMILES string of the molecule is CCOC(=O)CC12CCN(C(=O)OCc3ccccc3)CC1O2. The van der Waals surface area contributed by atoms with Gasteiger partial charge in [0.05, 0.1) is 19.6 Å². The van der Waals surface area contributed by atoms with Crippen molar-refractivity contribution >= 4 is 12.1 Å². The van der Waals surface area contributed by atoms with Crippen molar-refractivity contribution in [3.63, 3.8) is 0 Å². The molecule has 6 nitrogen and oxygen atoms in total. The summed E-state index contributed by atoms with van der Waals surface area (Å²) in [7, 11) is 0. The van der Waals surface area contributed by atoms with Crippen LogP contribution in [0.5, 0.6) is 0 Å². The van der Waals surface area contributed by atoms with Crippen molar-refractivity contribution in [2.75, 3.05) is 19.7 Å². The lowest BCUT2D eigenvalue weighted by Gasteiger charge is -2.27. The molecule has 0 bridgehead atoms. The Morgan fingerprint density at radius 3 is 2.78 bits per heavy atom. The van der Waals surface area contributed by atoms with Crippen molar-refractivity contribution in [1.82, 2.24) is 4.90 Å². The average molecular weight is 319 g/mol. The molecule has 2 aliphatic heterocycles. The Kier molecular flexibility index (Phi) is 4.52. The van der Waals surface area contributed by atoms with Gasteiger partial charge in [0.2, 0.25) is 0 Å². The van der Waals surface area contributed by atoms with Gasteiger partial charge in [-0.05, 0) is 18.9 Å². The highest BCUT2D eigenvalue weighted by Gasteiger charge is 2.60. The molecule has 0 aliphatic carbocycles. The first-order valence-electron chi connectivity index (χ1n) is 7.92. The van der Waals surface area contributed by atoms with Crippen LogP contribution in [0.15, 0.2) is 30.3 Å². The maximum atomic E-state index is 12.1. The zero-order valence-electron chi connectivity index (χ0n) is 13.2. The zero-order valence-corrected chi connectivity index (χ0v) is 13.2. The van der Waals surface area contributed by atoms with E-state index in [1.807, 2.05) is 30.3 Å². The number of amides is 1. The minimum atomic E-state index is -0.428. The first kappa shape index (κ1) is 15.8. The molecule has 1 aromatic carbocycles. The summed E-state index contributed by atoms with van der Waals surface area (Å²) in [6, 6.07) is 9.57. The average Bonchev–Trinajstić information content (AvgIpc) is 3.26. The second kappa shape index (κ2) is 6.58. The molecule has 1 aromatic rings. The Hall–Kier alpha value is -2.08. The number of rotatable bonds is 5. The highest BCUT2D eigenvalue weighted by atomic mass is 16.6. The molecular formula is C17H21NO5. The third-order valence-electron chi connectivity index (χ3n) is 4.31. The van der Waals surface area contributed by atoms with Crippen LogP contribution in [-0.4, -0.2) is 48.4 Å². The summed E-state index contributed by atoms with van der Waals surface area (Å²) in [6.45, 7) is 3.41. The quantitative estimate of drug-likeness (QED) is 0.614. The Labute approximate surface area is 135 Å². The fourth-order valence-electron chi connectivity index (χ4n) is 2.97. The van der Waals surface area contributed by atoms with E-state index in [1.54, 1.807) is 11.8 Å². The molecule has 3 rings (SSSR count). The van der Waals surface area contributed by atoms with Crippen LogP contribution in [-0.2, 0) is 25.6 Å². The first-order chi connectivity index (χ1) is 11.1. The van der Waals surface area contributed by atoms with Crippen molar-refractivity contribution in [3.05, 3.63) is 35.9 Å². The van der Waals surface area contributed by atoms with Gasteiger partial charge in [-0.2, -0.15) is 0 Å². The van der Waals surface area contributed by atoms with Gasteiger partial charge in [0.1, 0.15) is 18.3 Å². The molecule has 1 amide bonds. The zero-order chi connectivity index (χ0) is 16.3. The molecule has 0 spiro atoms. The number of epoxide rings is 1. The maximum absolute atomic E-state index is 12.1. The van der Waals surface area contributed by atoms with Crippen molar-refractivity contribution in [2.45, 2.75) is 38.1 Å². The highest BCUT2D eigenvalue weighted by molar-refractivity contribution is 5.72. The summed E-state index contributed by atoms with van der Waals surface area (Å²) in [5.74, 6) is -0.241. The number of benzene rings is 1. The Morgan fingerprint density at radius 1 is 1.30 bits per heavy atom. The fourth-order valence-corrected chi connectivity index (χ4v) is 2.97. The third-order valence-corrected chi connectivity index (χ3v) is 4.31. The fraction of sp³-hybridized carbons (Fsp3) is 0.529. The lowest BCUT2D eigenvalue weighted by atomic mass is 9.93. The first-order valence-corrected chi connectivity index (χ1v) is 7.92. The number of carbonyl (C=O) groups excluding carboxylic acids is 2. The predicted octanol–water partition coefficient (Wildman–Crippen LogP) is 2.12. The number of hydrogen-bond acceptors (Lipinski definition) is 5. The third kappa shape index (κ3) is 3.64. The number of ether oxygens (including phenoxy) is 3. The monoisotopic (exact) mass is 319 g/mol. The van der Waals surface area contributed by atoms with Crippen LogP contribution in [0.25, 0.3) is 0 Å². The number of likely N-dealkylation sites (tertiary alicyclic amines) is 1. The lowest BCUT2D eigenvalue weighted by Crippen LogP contribution is -2.44. The van der Waals surface area contributed by atoms with E-state index in [0.717, 1.165) is 5.56 Å². The van der Waals surface area contributed by atoms with Gasteiger partial charge in [0.15, 0.2) is 0 Å². The Morgan fingerprint density at radius 2 is 2.09 bits per heavy atom. The molecule has 2 saturated heterocycles. The Bertz CT molecular complexity index is 576. The van der Waals surface area contributed by atoms with Gasteiger partial charge >= 0.3 is 12.1 Å². The van der Waals surface area contributed by atoms with Gasteiger partial charge in [-0.1, -0.05) is 30.3 Å². The second-order valence-electron chi connectivity index (χ2n) is 5.89. The number of fused-ring (bicyclic) bond motifs is 1. The molecule has 2 atom stereocenters. The van der Waals surface area contributed by atoms with Crippen LogP contribution >= 0.6 is 0 Å². The van der Waals surface area contributed by atoms with E-state index in [9.17, 15) is 9.59 Å². The van der Waals surface area contributed by atoms with Crippen LogP contribution in [0.2, 0.25) is 0 Å². The predicted molar refractivity (Wildman–Crippen MR) is 81.7 cm³/mol. The number of carbonyl (C=O) groups is 2. The van der Waals surface area contributed by atoms with Crippen LogP contribution < -0.4 is 0 Å². The smallest absolute Gasteiger partial charge is 0.410 e. The van der Waals surface area contributed by atoms with Gasteiger partial charge in [-0.3, -0.25) is 4.79 Å². The normalized spacial score (nSPS) is 25.4. The van der Waals surface area contributed by atoms with E-state index in [0.29, 0.717) is 26.1 Å². The molecule has 0 saturated carbocycles.